The summed E-state index contributed by atoms with van der Waals surface area (Å²) in [6.45, 7) is 5.25. The van der Waals surface area contributed by atoms with Crippen molar-refractivity contribution >= 4 is 6.29 Å². The standard InChI is InChI=1S/C15H20O2/c1-13(14(2)11-16)7-6-10-17-12-15-8-4-3-5-9-15/h3-5,8-9,11H,6-7,10,12H2,1-2H3. The van der Waals surface area contributed by atoms with Crippen LogP contribution in [0.3, 0.4) is 0 Å². The maximum absolute atomic E-state index is 10.5. The van der Waals surface area contributed by atoms with Crippen molar-refractivity contribution in [3.63, 3.8) is 0 Å². The highest BCUT2D eigenvalue weighted by Crippen LogP contribution is 2.09. The molecule has 0 saturated carbocycles. The summed E-state index contributed by atoms with van der Waals surface area (Å²) in [6, 6.07) is 10.1. The molecule has 2 nitrogen and oxygen atoms in total. The molecule has 0 N–H and O–H groups in total. The van der Waals surface area contributed by atoms with Crippen molar-refractivity contribution in [2.45, 2.75) is 33.3 Å². The average Bonchev–Trinajstić information content (AvgIpc) is 2.38. The summed E-state index contributed by atoms with van der Waals surface area (Å²) in [5.74, 6) is 0. The Labute approximate surface area is 103 Å². The van der Waals surface area contributed by atoms with Crippen molar-refractivity contribution in [3.8, 4) is 0 Å². The number of carbonyl (C=O) groups is 1. The van der Waals surface area contributed by atoms with Crippen LogP contribution in [0, 0.1) is 0 Å². The number of rotatable bonds is 7. The minimum atomic E-state index is 0.663. The van der Waals surface area contributed by atoms with E-state index in [-0.39, 0.29) is 0 Å². The van der Waals surface area contributed by atoms with E-state index in [1.807, 2.05) is 32.0 Å². The molecule has 92 valence electrons. The van der Waals surface area contributed by atoms with Gasteiger partial charge in [-0.1, -0.05) is 35.9 Å². The van der Waals surface area contributed by atoms with Gasteiger partial charge in [-0.3, -0.25) is 4.79 Å². The van der Waals surface area contributed by atoms with E-state index in [1.54, 1.807) is 0 Å². The molecule has 0 aromatic heterocycles. The SMILES string of the molecule is CC(C=O)=C(C)CCCOCc1ccccc1. The van der Waals surface area contributed by atoms with Gasteiger partial charge in [0.05, 0.1) is 6.61 Å². The van der Waals surface area contributed by atoms with Crippen LogP contribution in [0.2, 0.25) is 0 Å². The number of ether oxygens (including phenoxy) is 1. The molecular weight excluding hydrogens is 212 g/mol. The first-order chi connectivity index (χ1) is 8.24. The highest BCUT2D eigenvalue weighted by atomic mass is 16.5. The molecule has 17 heavy (non-hydrogen) atoms. The van der Waals surface area contributed by atoms with Crippen molar-refractivity contribution in [2.75, 3.05) is 6.61 Å². The molecule has 1 aromatic rings. The van der Waals surface area contributed by atoms with Gasteiger partial charge in [0.2, 0.25) is 0 Å². The van der Waals surface area contributed by atoms with E-state index in [4.69, 9.17) is 4.74 Å². The lowest BCUT2D eigenvalue weighted by Gasteiger charge is -2.05. The van der Waals surface area contributed by atoms with Gasteiger partial charge in [-0.2, -0.15) is 0 Å². The Bertz CT molecular complexity index is 366. The van der Waals surface area contributed by atoms with Crippen molar-refractivity contribution in [1.82, 2.24) is 0 Å². The van der Waals surface area contributed by atoms with E-state index in [9.17, 15) is 4.79 Å². The number of hydrogen-bond donors (Lipinski definition) is 0. The summed E-state index contributed by atoms with van der Waals surface area (Å²) in [5.41, 5.74) is 3.19. The minimum Gasteiger partial charge on any atom is -0.377 e. The number of carbonyl (C=O) groups excluding carboxylic acids is 1. The topological polar surface area (TPSA) is 26.3 Å². The monoisotopic (exact) mass is 232 g/mol. The van der Waals surface area contributed by atoms with Crippen LogP contribution in [0.15, 0.2) is 41.5 Å². The number of benzene rings is 1. The fraction of sp³-hybridized carbons (Fsp3) is 0.400. The summed E-state index contributed by atoms with van der Waals surface area (Å²) < 4.78 is 5.57. The second kappa shape index (κ2) is 7.80. The maximum atomic E-state index is 10.5. The number of allylic oxidation sites excluding steroid dienone is 2. The largest absolute Gasteiger partial charge is 0.377 e. The highest BCUT2D eigenvalue weighted by molar-refractivity contribution is 5.73. The first-order valence-electron chi connectivity index (χ1n) is 5.97. The van der Waals surface area contributed by atoms with Crippen molar-refractivity contribution in [1.29, 1.82) is 0 Å². The third kappa shape index (κ3) is 5.45. The van der Waals surface area contributed by atoms with Gasteiger partial charge >= 0.3 is 0 Å². The highest BCUT2D eigenvalue weighted by Gasteiger charge is 1.97. The van der Waals surface area contributed by atoms with Crippen LogP contribution in [-0.2, 0) is 16.1 Å². The average molecular weight is 232 g/mol. The molecule has 0 aliphatic rings. The van der Waals surface area contributed by atoms with Crippen molar-refractivity contribution in [3.05, 3.63) is 47.0 Å². The summed E-state index contributed by atoms with van der Waals surface area (Å²) >= 11 is 0. The van der Waals surface area contributed by atoms with Crippen LogP contribution in [0.25, 0.3) is 0 Å². The Hall–Kier alpha value is -1.41. The number of hydrogen-bond acceptors (Lipinski definition) is 2. The third-order valence-electron chi connectivity index (χ3n) is 2.80. The molecule has 0 unspecified atom stereocenters. The molecule has 0 aliphatic heterocycles. The second-order valence-corrected chi connectivity index (χ2v) is 4.22. The van der Waals surface area contributed by atoms with E-state index in [2.05, 4.69) is 12.1 Å². The second-order valence-electron chi connectivity index (χ2n) is 4.22. The fourth-order valence-electron chi connectivity index (χ4n) is 1.50. The zero-order valence-corrected chi connectivity index (χ0v) is 10.6. The Kier molecular flexibility index (Phi) is 6.26. The predicted octanol–water partition coefficient (Wildman–Crippen LogP) is 3.52. The molecular formula is C15H20O2. The minimum absolute atomic E-state index is 0.663. The molecule has 0 amide bonds. The first-order valence-corrected chi connectivity index (χ1v) is 5.97. The Morgan fingerprint density at radius 2 is 1.94 bits per heavy atom. The summed E-state index contributed by atoms with van der Waals surface area (Å²) in [4.78, 5) is 10.5. The molecule has 0 atom stereocenters. The molecule has 0 bridgehead atoms. The van der Waals surface area contributed by atoms with Gasteiger partial charge in [-0.25, -0.2) is 0 Å². The third-order valence-corrected chi connectivity index (χ3v) is 2.80. The van der Waals surface area contributed by atoms with E-state index in [1.165, 1.54) is 5.56 Å². The summed E-state index contributed by atoms with van der Waals surface area (Å²) in [5, 5.41) is 0. The van der Waals surface area contributed by atoms with Gasteiger partial charge in [0.25, 0.3) is 0 Å². The maximum Gasteiger partial charge on any atom is 0.145 e. The molecule has 1 rings (SSSR count). The molecule has 0 fully saturated rings. The lowest BCUT2D eigenvalue weighted by molar-refractivity contribution is -0.104. The van der Waals surface area contributed by atoms with Gasteiger partial charge in [0.1, 0.15) is 6.29 Å². The van der Waals surface area contributed by atoms with E-state index >= 15 is 0 Å². The lowest BCUT2D eigenvalue weighted by Crippen LogP contribution is -1.96. The van der Waals surface area contributed by atoms with Crippen LogP contribution in [0.5, 0.6) is 0 Å². The molecule has 0 saturated heterocycles. The Morgan fingerprint density at radius 1 is 1.24 bits per heavy atom. The fourth-order valence-corrected chi connectivity index (χ4v) is 1.50. The van der Waals surface area contributed by atoms with E-state index in [0.717, 1.165) is 36.9 Å². The molecule has 0 heterocycles. The zero-order valence-electron chi connectivity index (χ0n) is 10.6. The normalized spacial score (nSPS) is 12.1. The van der Waals surface area contributed by atoms with Crippen LogP contribution in [0.1, 0.15) is 32.3 Å². The van der Waals surface area contributed by atoms with E-state index in [0.29, 0.717) is 6.61 Å². The zero-order chi connectivity index (χ0) is 12.5. The van der Waals surface area contributed by atoms with Crippen molar-refractivity contribution < 1.29 is 9.53 Å². The van der Waals surface area contributed by atoms with Crippen LogP contribution < -0.4 is 0 Å². The van der Waals surface area contributed by atoms with Crippen LogP contribution >= 0.6 is 0 Å². The summed E-state index contributed by atoms with van der Waals surface area (Å²) in [6.07, 6.45) is 2.81. The smallest absolute Gasteiger partial charge is 0.145 e. The predicted molar refractivity (Wildman–Crippen MR) is 69.8 cm³/mol. The Balaban J connectivity index is 2.15. The summed E-state index contributed by atoms with van der Waals surface area (Å²) in [7, 11) is 0. The molecule has 0 spiro atoms. The van der Waals surface area contributed by atoms with Crippen molar-refractivity contribution in [2.24, 2.45) is 0 Å². The molecule has 1 aromatic carbocycles. The van der Waals surface area contributed by atoms with E-state index < -0.39 is 0 Å². The quantitative estimate of drug-likeness (QED) is 0.408. The number of aldehydes is 1. The van der Waals surface area contributed by atoms with Gasteiger partial charge in [-0.15, -0.1) is 0 Å². The van der Waals surface area contributed by atoms with Crippen LogP contribution in [-0.4, -0.2) is 12.9 Å². The molecule has 0 aliphatic carbocycles. The Morgan fingerprint density at radius 3 is 2.59 bits per heavy atom. The van der Waals surface area contributed by atoms with Gasteiger partial charge in [-0.05, 0) is 37.8 Å². The van der Waals surface area contributed by atoms with Crippen LogP contribution in [0.4, 0.5) is 0 Å². The molecule has 2 heteroatoms. The van der Waals surface area contributed by atoms with Gasteiger partial charge in [0, 0.05) is 6.61 Å². The first kappa shape index (κ1) is 13.7. The lowest BCUT2D eigenvalue weighted by atomic mass is 10.1. The van der Waals surface area contributed by atoms with Gasteiger partial charge < -0.3 is 4.74 Å². The van der Waals surface area contributed by atoms with Gasteiger partial charge in [0.15, 0.2) is 0 Å². The molecule has 0 radical (unpaired) electrons.